The lowest BCUT2D eigenvalue weighted by molar-refractivity contribution is -0.128. The van der Waals surface area contributed by atoms with Gasteiger partial charge < -0.3 is 9.88 Å². The van der Waals surface area contributed by atoms with Gasteiger partial charge in [0.25, 0.3) is 21.8 Å². The molecule has 214 valence electrons. The van der Waals surface area contributed by atoms with Crippen molar-refractivity contribution in [1.82, 2.24) is 19.6 Å². The molecule has 1 aliphatic carbocycles. The van der Waals surface area contributed by atoms with Gasteiger partial charge in [0.2, 0.25) is 5.78 Å². The van der Waals surface area contributed by atoms with Crippen molar-refractivity contribution in [3.05, 3.63) is 125 Å². The minimum atomic E-state index is -4.08. The van der Waals surface area contributed by atoms with E-state index in [-0.39, 0.29) is 16.4 Å². The molecule has 9 nitrogen and oxygen atoms in total. The van der Waals surface area contributed by atoms with E-state index in [1.807, 2.05) is 54.1 Å². The van der Waals surface area contributed by atoms with Crippen molar-refractivity contribution in [2.24, 2.45) is 0 Å². The summed E-state index contributed by atoms with van der Waals surface area (Å²) in [7, 11) is -4.08. The van der Waals surface area contributed by atoms with E-state index in [1.54, 1.807) is 42.5 Å². The summed E-state index contributed by atoms with van der Waals surface area (Å²) in [5.74, 6) is -1.42. The third-order valence-corrected chi connectivity index (χ3v) is 8.59. The molecule has 2 aromatic heterocycles. The molecule has 0 bridgehead atoms. The largest absolute Gasteiger partial charge is 0.341 e. The van der Waals surface area contributed by atoms with Gasteiger partial charge in [-0.25, -0.2) is 18.1 Å². The summed E-state index contributed by atoms with van der Waals surface area (Å²) in [6, 6.07) is 23.6. The van der Waals surface area contributed by atoms with Gasteiger partial charge in [0.05, 0.1) is 16.3 Å². The zero-order chi connectivity index (χ0) is 29.7. The van der Waals surface area contributed by atoms with E-state index in [9.17, 15) is 22.8 Å². The van der Waals surface area contributed by atoms with Gasteiger partial charge in [0, 0.05) is 18.3 Å². The van der Waals surface area contributed by atoms with Crippen molar-refractivity contribution in [1.29, 1.82) is 0 Å². The molecule has 0 aliphatic heterocycles. The topological polar surface area (TPSA) is 127 Å². The molecule has 2 heterocycles. The molecule has 0 unspecified atom stereocenters. The van der Waals surface area contributed by atoms with E-state index in [4.69, 9.17) is 0 Å². The quantitative estimate of drug-likeness (QED) is 0.269. The number of carbonyl (C=O) groups excluding carboxylic acids is 3. The van der Waals surface area contributed by atoms with Crippen LogP contribution in [0.3, 0.4) is 0 Å². The standard InChI is InChI=1S/C32H30N4O5S/c1-23-15-17-24(18-16-23)29(37)28-14-7-22-36(28)21-6-10-25-9-5-13-27(33-25)30(38)34-32(19-8-20-32)31(39)35-42(40,41)26-11-3-2-4-12-26/h2-7,9-18,22H,8,19-21H2,1H3,(H,34,38)(H,35,39)/b10-6+. The number of nitrogens with zero attached hydrogens (tertiary/aromatic N) is 2. The molecule has 2 amide bonds. The minimum Gasteiger partial charge on any atom is -0.341 e. The fraction of sp³-hybridized carbons (Fsp3) is 0.188. The van der Waals surface area contributed by atoms with Crippen LogP contribution < -0.4 is 10.0 Å². The van der Waals surface area contributed by atoms with E-state index in [0.29, 0.717) is 42.8 Å². The maximum absolute atomic E-state index is 13.1. The second kappa shape index (κ2) is 12.0. The Morgan fingerprint density at radius 1 is 0.929 bits per heavy atom. The van der Waals surface area contributed by atoms with E-state index >= 15 is 0 Å². The molecule has 1 fully saturated rings. The van der Waals surface area contributed by atoms with Crippen molar-refractivity contribution in [2.45, 2.75) is 43.2 Å². The Hall–Kier alpha value is -4.83. The average Bonchev–Trinajstić information content (AvgIpc) is 3.44. The lowest BCUT2D eigenvalue weighted by Crippen LogP contribution is -2.63. The molecule has 42 heavy (non-hydrogen) atoms. The number of sulfonamides is 1. The van der Waals surface area contributed by atoms with Gasteiger partial charge in [0.15, 0.2) is 0 Å². The summed E-state index contributed by atoms with van der Waals surface area (Å²) in [5, 5.41) is 2.72. The Morgan fingerprint density at radius 2 is 1.67 bits per heavy atom. The van der Waals surface area contributed by atoms with Crippen LogP contribution in [0.2, 0.25) is 0 Å². The number of nitrogens with one attached hydrogen (secondary N) is 2. The Kier molecular flexibility index (Phi) is 8.17. The predicted octanol–water partition coefficient (Wildman–Crippen LogP) is 4.29. The van der Waals surface area contributed by atoms with Crippen LogP contribution in [-0.2, 0) is 21.4 Å². The Labute approximate surface area is 244 Å². The number of hydrogen-bond acceptors (Lipinski definition) is 6. The number of rotatable bonds is 10. The first-order valence-corrected chi connectivity index (χ1v) is 15.0. The van der Waals surface area contributed by atoms with Crippen LogP contribution in [0.15, 0.2) is 102 Å². The Bertz CT molecular complexity index is 1760. The first-order chi connectivity index (χ1) is 20.2. The molecule has 1 saturated carbocycles. The third kappa shape index (κ3) is 6.23. The smallest absolute Gasteiger partial charge is 0.270 e. The molecule has 2 aromatic carbocycles. The first kappa shape index (κ1) is 28.7. The van der Waals surface area contributed by atoms with Crippen LogP contribution in [0.1, 0.15) is 57.1 Å². The summed E-state index contributed by atoms with van der Waals surface area (Å²) in [6.07, 6.45) is 6.71. The van der Waals surface area contributed by atoms with Crippen molar-refractivity contribution >= 4 is 33.7 Å². The number of benzene rings is 2. The second-order valence-corrected chi connectivity index (χ2v) is 11.9. The molecular weight excluding hydrogens is 552 g/mol. The molecular formula is C32H30N4O5S. The second-order valence-electron chi connectivity index (χ2n) is 10.2. The lowest BCUT2D eigenvalue weighted by atomic mass is 9.76. The highest BCUT2D eigenvalue weighted by molar-refractivity contribution is 7.90. The summed E-state index contributed by atoms with van der Waals surface area (Å²) in [5.41, 5.74) is 1.53. The fourth-order valence-corrected chi connectivity index (χ4v) is 5.76. The van der Waals surface area contributed by atoms with E-state index in [1.165, 1.54) is 18.2 Å². The van der Waals surface area contributed by atoms with E-state index in [0.717, 1.165) is 5.56 Å². The van der Waals surface area contributed by atoms with Crippen molar-refractivity contribution in [3.63, 3.8) is 0 Å². The molecule has 0 atom stereocenters. The van der Waals surface area contributed by atoms with Gasteiger partial charge in [-0.2, -0.15) is 0 Å². The zero-order valence-electron chi connectivity index (χ0n) is 23.0. The van der Waals surface area contributed by atoms with Gasteiger partial charge in [-0.1, -0.05) is 60.2 Å². The van der Waals surface area contributed by atoms with Gasteiger partial charge in [-0.15, -0.1) is 0 Å². The lowest BCUT2D eigenvalue weighted by Gasteiger charge is -2.40. The molecule has 2 N–H and O–H groups in total. The van der Waals surface area contributed by atoms with E-state index < -0.39 is 27.4 Å². The summed E-state index contributed by atoms with van der Waals surface area (Å²) in [6.45, 7) is 2.38. The van der Waals surface area contributed by atoms with Crippen molar-refractivity contribution in [2.75, 3.05) is 0 Å². The number of aryl methyl sites for hydroxylation is 1. The number of carbonyl (C=O) groups is 3. The van der Waals surface area contributed by atoms with Crippen molar-refractivity contribution in [3.8, 4) is 0 Å². The Morgan fingerprint density at radius 3 is 2.36 bits per heavy atom. The highest BCUT2D eigenvalue weighted by Gasteiger charge is 2.47. The molecule has 5 rings (SSSR count). The monoisotopic (exact) mass is 582 g/mol. The highest BCUT2D eigenvalue weighted by atomic mass is 32.2. The Balaban J connectivity index is 1.24. The molecule has 1 aliphatic rings. The van der Waals surface area contributed by atoms with Crippen LogP contribution in [0.5, 0.6) is 0 Å². The predicted molar refractivity (Wildman–Crippen MR) is 158 cm³/mol. The average molecular weight is 583 g/mol. The van der Waals surface area contributed by atoms with Crippen molar-refractivity contribution < 1.29 is 22.8 Å². The van der Waals surface area contributed by atoms with Gasteiger partial charge in [-0.3, -0.25) is 14.4 Å². The van der Waals surface area contributed by atoms with E-state index in [2.05, 4.69) is 15.0 Å². The molecule has 4 aromatic rings. The minimum absolute atomic E-state index is 0.0353. The first-order valence-electron chi connectivity index (χ1n) is 13.5. The van der Waals surface area contributed by atoms with Crippen LogP contribution in [0.25, 0.3) is 6.08 Å². The molecule has 0 saturated heterocycles. The summed E-state index contributed by atoms with van der Waals surface area (Å²) in [4.78, 5) is 43.5. The van der Waals surface area contributed by atoms with Crippen LogP contribution in [-0.4, -0.2) is 41.1 Å². The fourth-order valence-electron chi connectivity index (χ4n) is 4.69. The SMILES string of the molecule is Cc1ccc(C(=O)c2cccn2C/C=C/c2cccc(C(=O)NC3(C(=O)NS(=O)(=O)c4ccccc4)CCC3)n2)cc1. The normalized spacial score (nSPS) is 14.2. The number of aromatic nitrogens is 2. The number of pyridine rings is 1. The molecule has 0 spiro atoms. The number of amides is 2. The number of allylic oxidation sites excluding steroid dienone is 1. The maximum Gasteiger partial charge on any atom is 0.270 e. The highest BCUT2D eigenvalue weighted by Crippen LogP contribution is 2.33. The number of ketones is 1. The van der Waals surface area contributed by atoms with Crippen LogP contribution >= 0.6 is 0 Å². The van der Waals surface area contributed by atoms with Crippen LogP contribution in [0.4, 0.5) is 0 Å². The number of hydrogen-bond donors (Lipinski definition) is 2. The molecule has 10 heteroatoms. The third-order valence-electron chi connectivity index (χ3n) is 7.25. The zero-order valence-corrected chi connectivity index (χ0v) is 23.8. The molecule has 0 radical (unpaired) electrons. The van der Waals surface area contributed by atoms with Gasteiger partial charge in [0.1, 0.15) is 11.2 Å². The van der Waals surface area contributed by atoms with Crippen LogP contribution in [0, 0.1) is 6.92 Å². The summed E-state index contributed by atoms with van der Waals surface area (Å²) >= 11 is 0. The maximum atomic E-state index is 13.1. The van der Waals surface area contributed by atoms with Gasteiger partial charge in [-0.05, 0) is 68.7 Å². The summed E-state index contributed by atoms with van der Waals surface area (Å²) < 4.78 is 29.3. The van der Waals surface area contributed by atoms with Gasteiger partial charge >= 0.3 is 0 Å².